The molecule has 4 aromatic rings. The number of aromatic amines is 1. The van der Waals surface area contributed by atoms with Crippen molar-refractivity contribution in [2.45, 2.75) is 25.8 Å². The molecule has 0 radical (unpaired) electrons. The molecular weight excluding hydrogens is 492 g/mol. The molecule has 2 aliphatic rings. The number of pyridine rings is 2. The third-order valence-corrected chi connectivity index (χ3v) is 7.27. The zero-order valence-corrected chi connectivity index (χ0v) is 21.7. The average molecular weight is 523 g/mol. The second kappa shape index (κ2) is 10.7. The molecule has 5 heterocycles. The molecule has 1 amide bonds. The number of amides is 1. The highest BCUT2D eigenvalue weighted by Crippen LogP contribution is 2.37. The van der Waals surface area contributed by atoms with Gasteiger partial charge in [0.15, 0.2) is 0 Å². The lowest BCUT2D eigenvalue weighted by Crippen LogP contribution is -2.44. The molecule has 10 nitrogen and oxygen atoms in total. The summed E-state index contributed by atoms with van der Waals surface area (Å²) in [5, 5.41) is 18.6. The number of carbonyl (C=O) groups excluding carboxylic acids is 1. The number of aromatic nitrogens is 4. The van der Waals surface area contributed by atoms with Gasteiger partial charge in [0.25, 0.3) is 5.91 Å². The lowest BCUT2D eigenvalue weighted by molar-refractivity contribution is 0.0983. The van der Waals surface area contributed by atoms with E-state index in [0.717, 1.165) is 47.6 Å². The van der Waals surface area contributed by atoms with Gasteiger partial charge in [-0.2, -0.15) is 5.10 Å². The number of anilines is 4. The summed E-state index contributed by atoms with van der Waals surface area (Å²) in [5.74, 6) is 2.04. The van der Waals surface area contributed by atoms with Crippen molar-refractivity contribution in [2.24, 2.45) is 0 Å². The first kappa shape index (κ1) is 24.7. The molecule has 0 saturated carbocycles. The molecule has 39 heavy (non-hydrogen) atoms. The number of nitrogens with zero attached hydrogens (tertiary/aromatic N) is 5. The molecule has 0 unspecified atom stereocenters. The number of nitrogens with one attached hydrogen (secondary N) is 3. The molecule has 0 spiro atoms. The fourth-order valence-corrected chi connectivity index (χ4v) is 5.31. The van der Waals surface area contributed by atoms with E-state index in [2.05, 4.69) is 44.5 Å². The largest absolute Gasteiger partial charge is 0.377 e. The molecule has 1 aromatic carbocycles. The van der Waals surface area contributed by atoms with E-state index in [-0.39, 0.29) is 11.9 Å². The van der Waals surface area contributed by atoms with E-state index in [1.807, 2.05) is 23.1 Å². The van der Waals surface area contributed by atoms with E-state index in [4.69, 9.17) is 15.1 Å². The van der Waals surface area contributed by atoms with Crippen molar-refractivity contribution in [1.29, 1.82) is 5.41 Å². The predicted octanol–water partition coefficient (Wildman–Crippen LogP) is 4.43. The van der Waals surface area contributed by atoms with E-state index >= 15 is 0 Å². The van der Waals surface area contributed by atoms with Crippen molar-refractivity contribution in [1.82, 2.24) is 20.2 Å². The zero-order chi connectivity index (χ0) is 26.8. The van der Waals surface area contributed by atoms with E-state index in [9.17, 15) is 4.79 Å². The summed E-state index contributed by atoms with van der Waals surface area (Å²) in [4.78, 5) is 26.4. The van der Waals surface area contributed by atoms with E-state index in [1.54, 1.807) is 30.7 Å². The Morgan fingerprint density at radius 3 is 2.90 bits per heavy atom. The van der Waals surface area contributed by atoms with Gasteiger partial charge in [0.1, 0.15) is 17.5 Å². The van der Waals surface area contributed by atoms with E-state index in [1.165, 1.54) is 6.21 Å². The number of aryl methyl sites for hydroxylation is 1. The Hall–Kier alpha value is -4.57. The third-order valence-electron chi connectivity index (χ3n) is 7.27. The molecule has 1 saturated heterocycles. The van der Waals surface area contributed by atoms with E-state index < -0.39 is 0 Å². The second-order valence-electron chi connectivity index (χ2n) is 9.79. The molecule has 6 rings (SSSR count). The molecule has 1 atom stereocenters. The van der Waals surface area contributed by atoms with Gasteiger partial charge in [-0.15, -0.1) is 0 Å². The maximum atomic E-state index is 13.3. The highest BCUT2D eigenvalue weighted by Gasteiger charge is 2.26. The topological polar surface area (TPSA) is 123 Å². The van der Waals surface area contributed by atoms with Crippen molar-refractivity contribution in [2.75, 3.05) is 41.4 Å². The quantitative estimate of drug-likeness (QED) is 0.320. The van der Waals surface area contributed by atoms with Crippen molar-refractivity contribution in [3.8, 4) is 11.1 Å². The van der Waals surface area contributed by atoms with Gasteiger partial charge < -0.3 is 25.3 Å². The SMILES string of the molecule is C[C@@H]1COCCN1c1cc(-c2ccc3c(c2)CCCN3C(=O)c2cccnc2)c(C=N)c(Nc2ccn[nH]2)n1. The van der Waals surface area contributed by atoms with Gasteiger partial charge in [0.05, 0.1) is 31.0 Å². The van der Waals surface area contributed by atoms with Crippen LogP contribution in [0.25, 0.3) is 11.1 Å². The van der Waals surface area contributed by atoms with Crippen LogP contribution in [0.2, 0.25) is 0 Å². The molecule has 2 aliphatic heterocycles. The maximum absolute atomic E-state index is 13.3. The second-order valence-corrected chi connectivity index (χ2v) is 9.79. The standard InChI is InChI=1S/C29H30N8O2/c1-19-18-39-13-12-36(19)27-15-23(24(16-30)28(34-27)33-26-8-10-32-35-26)20-6-7-25-21(14-20)5-3-11-37(25)29(38)22-4-2-9-31-17-22/h2,4,6-10,14-17,19,30H,3,5,11-13,18H2,1H3,(H2,32,33,34,35)/t19-/m1/s1. The molecule has 0 aliphatic carbocycles. The summed E-state index contributed by atoms with van der Waals surface area (Å²) in [7, 11) is 0. The third kappa shape index (κ3) is 4.86. The first-order chi connectivity index (χ1) is 19.1. The fourth-order valence-electron chi connectivity index (χ4n) is 5.31. The summed E-state index contributed by atoms with van der Waals surface area (Å²) in [6.45, 7) is 4.79. The van der Waals surface area contributed by atoms with Crippen molar-refractivity contribution in [3.63, 3.8) is 0 Å². The van der Waals surface area contributed by atoms with Gasteiger partial charge >= 0.3 is 0 Å². The summed E-state index contributed by atoms with van der Waals surface area (Å²) < 4.78 is 5.66. The van der Waals surface area contributed by atoms with Crippen LogP contribution in [0.3, 0.4) is 0 Å². The van der Waals surface area contributed by atoms with Gasteiger partial charge in [-0.3, -0.25) is 14.9 Å². The summed E-state index contributed by atoms with van der Waals surface area (Å²) >= 11 is 0. The smallest absolute Gasteiger partial charge is 0.259 e. The van der Waals surface area contributed by atoms with E-state index in [0.29, 0.717) is 42.5 Å². The van der Waals surface area contributed by atoms with Crippen LogP contribution in [0.5, 0.6) is 0 Å². The zero-order valence-electron chi connectivity index (χ0n) is 21.7. The van der Waals surface area contributed by atoms with Crippen LogP contribution in [0.1, 0.15) is 34.8 Å². The van der Waals surface area contributed by atoms with Gasteiger partial charge in [0, 0.05) is 49.0 Å². The number of hydrogen-bond donors (Lipinski definition) is 3. The van der Waals surface area contributed by atoms with Crippen molar-refractivity contribution >= 4 is 35.3 Å². The van der Waals surface area contributed by atoms with Crippen LogP contribution in [0.4, 0.5) is 23.1 Å². The Balaban J connectivity index is 1.43. The minimum atomic E-state index is -0.0458. The Bertz CT molecular complexity index is 1490. The lowest BCUT2D eigenvalue weighted by atomic mass is 9.94. The molecule has 0 bridgehead atoms. The van der Waals surface area contributed by atoms with Gasteiger partial charge in [-0.05, 0) is 66.8 Å². The number of carbonyl (C=O) groups is 1. The molecular formula is C29H30N8O2. The van der Waals surface area contributed by atoms with Gasteiger partial charge in [-0.1, -0.05) is 6.07 Å². The van der Waals surface area contributed by atoms with Crippen LogP contribution >= 0.6 is 0 Å². The number of morpholine rings is 1. The minimum Gasteiger partial charge on any atom is -0.377 e. The summed E-state index contributed by atoms with van der Waals surface area (Å²) in [6, 6.07) is 13.8. The van der Waals surface area contributed by atoms with Gasteiger partial charge in [0.2, 0.25) is 0 Å². The van der Waals surface area contributed by atoms with Crippen LogP contribution in [-0.2, 0) is 11.2 Å². The number of hydrogen-bond acceptors (Lipinski definition) is 8. The number of rotatable bonds is 6. The van der Waals surface area contributed by atoms with Crippen molar-refractivity contribution < 1.29 is 9.53 Å². The maximum Gasteiger partial charge on any atom is 0.259 e. The Kier molecular flexibility index (Phi) is 6.76. The minimum absolute atomic E-state index is 0.0458. The van der Waals surface area contributed by atoms with Crippen LogP contribution < -0.4 is 15.1 Å². The van der Waals surface area contributed by atoms with Crippen molar-refractivity contribution in [3.05, 3.63) is 77.7 Å². The fraction of sp³-hybridized carbons (Fsp3) is 0.276. The number of fused-ring (bicyclic) bond motifs is 1. The highest BCUT2D eigenvalue weighted by molar-refractivity contribution is 6.07. The first-order valence-corrected chi connectivity index (χ1v) is 13.1. The monoisotopic (exact) mass is 522 g/mol. The predicted molar refractivity (Wildman–Crippen MR) is 151 cm³/mol. The highest BCUT2D eigenvalue weighted by atomic mass is 16.5. The van der Waals surface area contributed by atoms with Crippen LogP contribution in [0.15, 0.2) is 61.1 Å². The molecule has 198 valence electrons. The lowest BCUT2D eigenvalue weighted by Gasteiger charge is -2.35. The Morgan fingerprint density at radius 2 is 2.13 bits per heavy atom. The van der Waals surface area contributed by atoms with Gasteiger partial charge in [-0.25, -0.2) is 4.98 Å². The Morgan fingerprint density at radius 1 is 1.21 bits per heavy atom. The molecule has 3 aromatic heterocycles. The normalized spacial score (nSPS) is 17.0. The number of ether oxygens (including phenoxy) is 1. The first-order valence-electron chi connectivity index (χ1n) is 13.1. The van der Waals surface area contributed by atoms with Crippen LogP contribution in [-0.4, -0.2) is 64.6 Å². The summed E-state index contributed by atoms with van der Waals surface area (Å²) in [6.07, 6.45) is 8.04. The van der Waals surface area contributed by atoms with Crippen LogP contribution in [0, 0.1) is 5.41 Å². The molecule has 1 fully saturated rings. The average Bonchev–Trinajstić information content (AvgIpc) is 3.49. The Labute approximate surface area is 226 Å². The molecule has 3 N–H and O–H groups in total. The summed E-state index contributed by atoms with van der Waals surface area (Å²) in [5.41, 5.74) is 5.14. The number of H-pyrrole nitrogens is 1. The number of benzene rings is 1. The molecule has 10 heteroatoms.